The molecule has 0 amide bonds. The summed E-state index contributed by atoms with van der Waals surface area (Å²) in [7, 11) is -3.63. The Bertz CT molecular complexity index is 1270. The summed E-state index contributed by atoms with van der Waals surface area (Å²) in [5, 5.41) is 0.332. The van der Waals surface area contributed by atoms with E-state index in [0.29, 0.717) is 11.0 Å². The molecule has 2 N–H and O–H groups in total. The molecule has 0 saturated heterocycles. The number of anilines is 1. The van der Waals surface area contributed by atoms with Gasteiger partial charge in [-0.05, 0) is 38.5 Å². The number of aromatic nitrogens is 3. The maximum atomic E-state index is 12.8. The Kier molecular flexibility index (Phi) is 4.47. The summed E-state index contributed by atoms with van der Waals surface area (Å²) in [6, 6.07) is 15.5. The van der Waals surface area contributed by atoms with E-state index in [-0.39, 0.29) is 5.95 Å². The number of hydrogen-bond donors (Lipinski definition) is 1. The zero-order chi connectivity index (χ0) is 20.1. The summed E-state index contributed by atoms with van der Waals surface area (Å²) in [5.74, 6) is -0.0235. The number of fused-ring (bicyclic) bond motifs is 1. The van der Waals surface area contributed by atoms with Gasteiger partial charge in [0, 0.05) is 5.56 Å². The van der Waals surface area contributed by atoms with Crippen molar-refractivity contribution >= 4 is 38.3 Å². The molecule has 0 bridgehead atoms. The second kappa shape index (κ2) is 6.72. The number of hydrogen-bond acceptors (Lipinski definition) is 6. The van der Waals surface area contributed by atoms with E-state index < -0.39 is 15.3 Å². The highest BCUT2D eigenvalue weighted by atomic mass is 32.2. The second-order valence-corrected chi connectivity index (χ2v) is 10.3. The van der Waals surface area contributed by atoms with Gasteiger partial charge in [0.2, 0.25) is 16.0 Å². The predicted octanol–water partition coefficient (Wildman–Crippen LogP) is 4.30. The highest BCUT2D eigenvalue weighted by molar-refractivity contribution is 7.90. The minimum absolute atomic E-state index is 0.0235. The molecule has 2 heterocycles. The standard InChI is InChI=1S/C20H20N4O2S2/c1-12(2)28(25,26)24-17-11-15(9-10-16(17)23-20(24)21)19-18(22-13(3)27-19)14-7-5-4-6-8-14/h4-12H,1-3H3,(H2,21,23). The quantitative estimate of drug-likeness (QED) is 0.539. The average molecular weight is 413 g/mol. The third-order valence-corrected chi connectivity index (χ3v) is 7.64. The first-order chi connectivity index (χ1) is 13.3. The fourth-order valence-corrected chi connectivity index (χ4v) is 5.19. The Morgan fingerprint density at radius 3 is 2.43 bits per heavy atom. The third-order valence-electron chi connectivity index (χ3n) is 4.53. The van der Waals surface area contributed by atoms with Gasteiger partial charge in [0.05, 0.1) is 31.9 Å². The first-order valence-corrected chi connectivity index (χ1v) is 11.2. The van der Waals surface area contributed by atoms with Crippen molar-refractivity contribution in [1.82, 2.24) is 13.9 Å². The lowest BCUT2D eigenvalue weighted by Crippen LogP contribution is -2.23. The van der Waals surface area contributed by atoms with E-state index in [1.807, 2.05) is 49.4 Å². The molecule has 4 aromatic rings. The Morgan fingerprint density at radius 1 is 1.04 bits per heavy atom. The van der Waals surface area contributed by atoms with Gasteiger partial charge in [0.15, 0.2) is 0 Å². The van der Waals surface area contributed by atoms with E-state index in [9.17, 15) is 8.42 Å². The maximum Gasteiger partial charge on any atom is 0.244 e. The number of benzene rings is 2. The molecule has 28 heavy (non-hydrogen) atoms. The van der Waals surface area contributed by atoms with Crippen LogP contribution in [0.4, 0.5) is 5.95 Å². The topological polar surface area (TPSA) is 90.9 Å². The van der Waals surface area contributed by atoms with Crippen molar-refractivity contribution in [3.8, 4) is 21.7 Å². The van der Waals surface area contributed by atoms with Crippen molar-refractivity contribution in [3.63, 3.8) is 0 Å². The van der Waals surface area contributed by atoms with Gasteiger partial charge < -0.3 is 5.73 Å². The summed E-state index contributed by atoms with van der Waals surface area (Å²) in [6.45, 7) is 5.22. The lowest BCUT2D eigenvalue weighted by Gasteiger charge is -2.11. The summed E-state index contributed by atoms with van der Waals surface area (Å²) in [6.07, 6.45) is 0. The van der Waals surface area contributed by atoms with Gasteiger partial charge in [-0.3, -0.25) is 0 Å². The van der Waals surface area contributed by atoms with Crippen molar-refractivity contribution < 1.29 is 8.42 Å². The van der Waals surface area contributed by atoms with Gasteiger partial charge in [-0.2, -0.15) is 0 Å². The van der Waals surface area contributed by atoms with Crippen LogP contribution >= 0.6 is 11.3 Å². The molecule has 0 radical (unpaired) electrons. The number of nitrogen functional groups attached to an aromatic ring is 1. The molecule has 0 unspecified atom stereocenters. The van der Waals surface area contributed by atoms with E-state index >= 15 is 0 Å². The molecule has 0 atom stereocenters. The van der Waals surface area contributed by atoms with Crippen molar-refractivity contribution in [2.45, 2.75) is 26.0 Å². The zero-order valence-electron chi connectivity index (χ0n) is 15.7. The van der Waals surface area contributed by atoms with E-state index in [1.54, 1.807) is 31.3 Å². The van der Waals surface area contributed by atoms with Crippen LogP contribution in [0.25, 0.3) is 32.7 Å². The molecule has 0 fully saturated rings. The summed E-state index contributed by atoms with van der Waals surface area (Å²) >= 11 is 1.58. The molecule has 0 aliphatic carbocycles. The minimum Gasteiger partial charge on any atom is -0.368 e. The second-order valence-electron chi connectivity index (χ2n) is 6.81. The molecule has 4 rings (SSSR count). The molecule has 144 valence electrons. The van der Waals surface area contributed by atoms with E-state index in [0.717, 1.165) is 30.7 Å². The normalized spacial score (nSPS) is 12.1. The van der Waals surface area contributed by atoms with Crippen LogP contribution in [0.1, 0.15) is 18.9 Å². The molecule has 8 heteroatoms. The molecule has 0 spiro atoms. The monoisotopic (exact) mass is 412 g/mol. The molecule has 2 aromatic carbocycles. The zero-order valence-corrected chi connectivity index (χ0v) is 17.4. The van der Waals surface area contributed by atoms with Crippen LogP contribution in [0, 0.1) is 6.92 Å². The van der Waals surface area contributed by atoms with Gasteiger partial charge >= 0.3 is 0 Å². The number of imidazole rings is 1. The molecule has 0 aliphatic heterocycles. The van der Waals surface area contributed by atoms with Crippen LogP contribution in [-0.4, -0.2) is 27.6 Å². The highest BCUT2D eigenvalue weighted by Crippen LogP contribution is 2.38. The van der Waals surface area contributed by atoms with E-state index in [2.05, 4.69) is 4.98 Å². The van der Waals surface area contributed by atoms with Crippen LogP contribution < -0.4 is 5.73 Å². The highest BCUT2D eigenvalue weighted by Gasteiger charge is 2.25. The number of nitrogens with two attached hydrogens (primary N) is 1. The maximum absolute atomic E-state index is 12.8. The molecular formula is C20H20N4O2S2. The minimum atomic E-state index is -3.63. The molecular weight excluding hydrogens is 392 g/mol. The summed E-state index contributed by atoms with van der Waals surface area (Å²) in [5.41, 5.74) is 9.77. The molecule has 0 aliphatic rings. The van der Waals surface area contributed by atoms with Crippen LogP contribution in [0.15, 0.2) is 48.5 Å². The van der Waals surface area contributed by atoms with Crippen molar-refractivity contribution in [3.05, 3.63) is 53.5 Å². The van der Waals surface area contributed by atoms with E-state index in [4.69, 9.17) is 10.7 Å². The Balaban J connectivity index is 1.96. The van der Waals surface area contributed by atoms with Crippen molar-refractivity contribution in [2.75, 3.05) is 5.73 Å². The smallest absolute Gasteiger partial charge is 0.244 e. The summed E-state index contributed by atoms with van der Waals surface area (Å²) < 4.78 is 26.7. The van der Waals surface area contributed by atoms with Crippen LogP contribution in [0.3, 0.4) is 0 Å². The number of nitrogens with zero attached hydrogens (tertiary/aromatic N) is 3. The van der Waals surface area contributed by atoms with Gasteiger partial charge in [-0.15, -0.1) is 11.3 Å². The summed E-state index contributed by atoms with van der Waals surface area (Å²) in [4.78, 5) is 9.91. The van der Waals surface area contributed by atoms with Gasteiger partial charge in [0.1, 0.15) is 0 Å². The van der Waals surface area contributed by atoms with Gasteiger partial charge in [0.25, 0.3) is 0 Å². The fraction of sp³-hybridized carbons (Fsp3) is 0.200. The molecule has 0 saturated carbocycles. The van der Waals surface area contributed by atoms with Gasteiger partial charge in [-0.1, -0.05) is 36.4 Å². The van der Waals surface area contributed by atoms with Crippen LogP contribution in [0.2, 0.25) is 0 Å². The Morgan fingerprint density at radius 2 is 1.75 bits per heavy atom. The largest absolute Gasteiger partial charge is 0.368 e. The number of rotatable bonds is 4. The van der Waals surface area contributed by atoms with Crippen molar-refractivity contribution in [1.29, 1.82) is 0 Å². The van der Waals surface area contributed by atoms with Crippen LogP contribution in [0.5, 0.6) is 0 Å². The fourth-order valence-electron chi connectivity index (χ4n) is 3.11. The third kappa shape index (κ3) is 2.98. The first kappa shape index (κ1) is 18.6. The molecule has 2 aromatic heterocycles. The lowest BCUT2D eigenvalue weighted by atomic mass is 10.1. The first-order valence-electron chi connectivity index (χ1n) is 8.84. The van der Waals surface area contributed by atoms with Gasteiger partial charge in [-0.25, -0.2) is 22.4 Å². The lowest BCUT2D eigenvalue weighted by molar-refractivity contribution is 0.580. The average Bonchev–Trinajstić information content (AvgIpc) is 3.21. The Hall–Kier alpha value is -2.71. The number of thiazole rings is 1. The Labute approximate surface area is 167 Å². The SMILES string of the molecule is Cc1nc(-c2ccccc2)c(-c2ccc3nc(N)n(S(=O)(=O)C(C)C)c3c2)s1. The van der Waals surface area contributed by atoms with Crippen molar-refractivity contribution in [2.24, 2.45) is 0 Å². The van der Waals surface area contributed by atoms with Crippen LogP contribution in [-0.2, 0) is 10.0 Å². The molecule has 6 nitrogen and oxygen atoms in total. The number of aryl methyl sites for hydroxylation is 1. The predicted molar refractivity (Wildman–Crippen MR) is 115 cm³/mol. The van der Waals surface area contributed by atoms with E-state index in [1.165, 1.54) is 0 Å².